The number of nitrogens with zero attached hydrogens (tertiary/aromatic N) is 3. The van der Waals surface area contributed by atoms with Gasteiger partial charge in [0.2, 0.25) is 5.91 Å². The normalized spacial score (nSPS) is 16.0. The van der Waals surface area contributed by atoms with Gasteiger partial charge in [0.25, 0.3) is 0 Å². The van der Waals surface area contributed by atoms with Crippen LogP contribution in [-0.4, -0.2) is 51.9 Å². The molecular weight excluding hydrogens is 274 g/mol. The molecule has 0 saturated carbocycles. The van der Waals surface area contributed by atoms with E-state index in [4.69, 9.17) is 0 Å². The molecule has 0 atom stereocenters. The number of rotatable bonds is 4. The van der Waals surface area contributed by atoms with E-state index in [1.165, 1.54) is 18.0 Å². The van der Waals surface area contributed by atoms with Gasteiger partial charge in [0, 0.05) is 24.8 Å². The first kappa shape index (κ1) is 15.5. The number of aliphatic hydroxyl groups is 1. The number of piperidine rings is 1. The Balaban J connectivity index is 2.04. The van der Waals surface area contributed by atoms with Crippen LogP contribution in [0.4, 0.5) is 0 Å². The third kappa shape index (κ3) is 3.60. The zero-order valence-corrected chi connectivity index (χ0v) is 12.4. The van der Waals surface area contributed by atoms with Crippen LogP contribution >= 0.6 is 0 Å². The molecule has 21 heavy (non-hydrogen) atoms. The van der Waals surface area contributed by atoms with Crippen molar-refractivity contribution >= 4 is 11.9 Å². The molecule has 0 spiro atoms. The van der Waals surface area contributed by atoms with Crippen LogP contribution in [0.1, 0.15) is 35.8 Å². The molecule has 2 rings (SSSR count). The van der Waals surface area contributed by atoms with Gasteiger partial charge in [0.05, 0.1) is 13.7 Å². The van der Waals surface area contributed by atoms with Gasteiger partial charge >= 0.3 is 5.97 Å². The molecule has 1 aromatic rings. The second kappa shape index (κ2) is 6.71. The van der Waals surface area contributed by atoms with E-state index in [1.807, 2.05) is 4.90 Å². The van der Waals surface area contributed by atoms with Crippen molar-refractivity contribution in [1.29, 1.82) is 0 Å². The van der Waals surface area contributed by atoms with E-state index in [9.17, 15) is 14.7 Å². The maximum Gasteiger partial charge on any atom is 0.358 e. The summed E-state index contributed by atoms with van der Waals surface area (Å²) < 4.78 is 5.99. The molecule has 0 radical (unpaired) electrons. The lowest BCUT2D eigenvalue weighted by atomic mass is 9.99. The van der Waals surface area contributed by atoms with Crippen molar-refractivity contribution in [2.75, 3.05) is 20.2 Å². The zero-order valence-electron chi connectivity index (χ0n) is 12.4. The van der Waals surface area contributed by atoms with Crippen molar-refractivity contribution in [3.05, 3.63) is 17.5 Å². The lowest BCUT2D eigenvalue weighted by Gasteiger charge is -2.30. The van der Waals surface area contributed by atoms with Crippen molar-refractivity contribution in [2.45, 2.75) is 32.9 Å². The molecule has 1 amide bonds. The van der Waals surface area contributed by atoms with Crippen molar-refractivity contribution in [3.63, 3.8) is 0 Å². The highest BCUT2D eigenvalue weighted by Crippen LogP contribution is 2.16. The van der Waals surface area contributed by atoms with E-state index in [1.54, 1.807) is 0 Å². The minimum atomic E-state index is -0.614. The van der Waals surface area contributed by atoms with Crippen LogP contribution in [0.2, 0.25) is 0 Å². The summed E-state index contributed by atoms with van der Waals surface area (Å²) in [6.45, 7) is 3.46. The second-order valence-electron chi connectivity index (χ2n) is 5.41. The Labute approximate surface area is 123 Å². The SMILES string of the molecule is COC(=O)c1nn(CC(=O)N2CCC(C)CC2)cc1CO. The fourth-order valence-corrected chi connectivity index (χ4v) is 2.42. The van der Waals surface area contributed by atoms with E-state index in [0.717, 1.165) is 25.9 Å². The zero-order chi connectivity index (χ0) is 15.4. The van der Waals surface area contributed by atoms with Crippen molar-refractivity contribution in [2.24, 2.45) is 5.92 Å². The lowest BCUT2D eigenvalue weighted by molar-refractivity contribution is -0.133. The number of likely N-dealkylation sites (tertiary alicyclic amines) is 1. The molecule has 2 heterocycles. The predicted molar refractivity (Wildman–Crippen MR) is 74.5 cm³/mol. The summed E-state index contributed by atoms with van der Waals surface area (Å²) >= 11 is 0. The van der Waals surface area contributed by atoms with Gasteiger partial charge in [-0.05, 0) is 18.8 Å². The van der Waals surface area contributed by atoms with Crippen molar-refractivity contribution in [3.8, 4) is 0 Å². The highest BCUT2D eigenvalue weighted by molar-refractivity contribution is 5.88. The second-order valence-corrected chi connectivity index (χ2v) is 5.41. The van der Waals surface area contributed by atoms with Crippen LogP contribution in [-0.2, 0) is 22.7 Å². The highest BCUT2D eigenvalue weighted by atomic mass is 16.5. The van der Waals surface area contributed by atoms with Gasteiger partial charge in [-0.2, -0.15) is 5.10 Å². The fraction of sp³-hybridized carbons (Fsp3) is 0.643. The summed E-state index contributed by atoms with van der Waals surface area (Å²) in [6, 6.07) is 0. The van der Waals surface area contributed by atoms with Crippen LogP contribution in [0.5, 0.6) is 0 Å². The van der Waals surface area contributed by atoms with Gasteiger partial charge in [-0.15, -0.1) is 0 Å². The standard InChI is InChI=1S/C14H21N3O4/c1-10-3-5-16(6-4-10)12(19)8-17-7-11(9-18)13(15-17)14(20)21-2/h7,10,18H,3-6,8-9H2,1-2H3. The summed E-state index contributed by atoms with van der Waals surface area (Å²) in [5.41, 5.74) is 0.419. The minimum absolute atomic E-state index is 0.0229. The number of methoxy groups -OCH3 is 1. The van der Waals surface area contributed by atoms with E-state index in [0.29, 0.717) is 11.5 Å². The average Bonchev–Trinajstić information content (AvgIpc) is 2.90. The molecule has 1 fully saturated rings. The van der Waals surface area contributed by atoms with Crippen molar-refractivity contribution < 1.29 is 19.4 Å². The number of carbonyl (C=O) groups is 2. The van der Waals surface area contributed by atoms with Crippen molar-refractivity contribution in [1.82, 2.24) is 14.7 Å². The third-order valence-electron chi connectivity index (χ3n) is 3.82. The Morgan fingerprint density at radius 3 is 2.67 bits per heavy atom. The van der Waals surface area contributed by atoms with Gasteiger partial charge in [-0.25, -0.2) is 4.79 Å². The van der Waals surface area contributed by atoms with E-state index in [-0.39, 0.29) is 24.8 Å². The molecule has 1 saturated heterocycles. The first-order valence-corrected chi connectivity index (χ1v) is 7.08. The number of esters is 1. The Hall–Kier alpha value is -1.89. The fourth-order valence-electron chi connectivity index (χ4n) is 2.42. The number of aromatic nitrogens is 2. The molecule has 7 nitrogen and oxygen atoms in total. The maximum absolute atomic E-state index is 12.2. The molecule has 0 bridgehead atoms. The van der Waals surface area contributed by atoms with Gasteiger partial charge in [-0.3, -0.25) is 9.48 Å². The van der Waals surface area contributed by atoms with Crippen LogP contribution in [0.25, 0.3) is 0 Å². The van der Waals surface area contributed by atoms with Gasteiger partial charge in [0.15, 0.2) is 5.69 Å². The van der Waals surface area contributed by atoms with E-state index in [2.05, 4.69) is 16.8 Å². The molecular formula is C14H21N3O4. The summed E-state index contributed by atoms with van der Waals surface area (Å²) in [7, 11) is 1.25. The van der Waals surface area contributed by atoms with Crippen LogP contribution in [0.3, 0.4) is 0 Å². The predicted octanol–water partition coefficient (Wildman–Crippen LogP) is 0.420. The Morgan fingerprint density at radius 2 is 2.10 bits per heavy atom. The monoisotopic (exact) mass is 295 g/mol. The Bertz CT molecular complexity index is 518. The van der Waals surface area contributed by atoms with Crippen LogP contribution in [0, 0.1) is 5.92 Å². The molecule has 1 N–H and O–H groups in total. The summed E-state index contributed by atoms with van der Waals surface area (Å²) in [4.78, 5) is 25.6. The summed E-state index contributed by atoms with van der Waals surface area (Å²) in [5, 5.41) is 13.3. The summed E-state index contributed by atoms with van der Waals surface area (Å²) in [5.74, 6) is 0.0213. The smallest absolute Gasteiger partial charge is 0.358 e. The number of hydrogen-bond donors (Lipinski definition) is 1. The number of aliphatic hydroxyl groups excluding tert-OH is 1. The Kier molecular flexibility index (Phi) is 4.95. The number of ether oxygens (including phenoxy) is 1. The summed E-state index contributed by atoms with van der Waals surface area (Å²) in [6.07, 6.45) is 3.54. The topological polar surface area (TPSA) is 84.7 Å². The van der Waals surface area contributed by atoms with Gasteiger partial charge in [-0.1, -0.05) is 6.92 Å². The number of amides is 1. The largest absolute Gasteiger partial charge is 0.464 e. The number of carbonyl (C=O) groups excluding carboxylic acids is 2. The highest BCUT2D eigenvalue weighted by Gasteiger charge is 2.22. The quantitative estimate of drug-likeness (QED) is 0.814. The first-order valence-electron chi connectivity index (χ1n) is 7.08. The third-order valence-corrected chi connectivity index (χ3v) is 3.82. The van der Waals surface area contributed by atoms with Gasteiger partial charge in [0.1, 0.15) is 6.54 Å². The molecule has 1 aliphatic heterocycles. The molecule has 116 valence electrons. The molecule has 1 aromatic heterocycles. The molecule has 0 unspecified atom stereocenters. The molecule has 0 aromatic carbocycles. The van der Waals surface area contributed by atoms with Crippen LogP contribution in [0.15, 0.2) is 6.20 Å². The Morgan fingerprint density at radius 1 is 1.43 bits per heavy atom. The molecule has 7 heteroatoms. The lowest BCUT2D eigenvalue weighted by Crippen LogP contribution is -2.39. The molecule has 1 aliphatic rings. The first-order chi connectivity index (χ1) is 10.0. The van der Waals surface area contributed by atoms with Gasteiger partial charge < -0.3 is 14.7 Å². The molecule has 0 aliphatic carbocycles. The average molecular weight is 295 g/mol. The maximum atomic E-state index is 12.2. The van der Waals surface area contributed by atoms with E-state index >= 15 is 0 Å². The number of hydrogen-bond acceptors (Lipinski definition) is 5. The van der Waals surface area contributed by atoms with E-state index < -0.39 is 5.97 Å². The minimum Gasteiger partial charge on any atom is -0.464 e. The van der Waals surface area contributed by atoms with Crippen LogP contribution < -0.4 is 0 Å².